The number of aryl methyl sites for hydroxylation is 2. The topological polar surface area (TPSA) is 86.2 Å². The molecule has 5 heteroatoms. The second kappa shape index (κ2) is 4.08. The molecule has 0 unspecified atom stereocenters. The quantitative estimate of drug-likeness (QED) is 0.351. The first-order valence-corrected chi connectivity index (χ1v) is 4.43. The molecule has 80 valence electrons. The van der Waals surface area contributed by atoms with Crippen LogP contribution in [-0.2, 0) is 0 Å². The van der Waals surface area contributed by atoms with Crippen LogP contribution in [0.1, 0.15) is 21.5 Å². The van der Waals surface area contributed by atoms with Crippen molar-refractivity contribution in [2.45, 2.75) is 13.8 Å². The fourth-order valence-electron chi connectivity index (χ4n) is 1.41. The van der Waals surface area contributed by atoms with Crippen molar-refractivity contribution >= 4 is 11.5 Å². The zero-order valence-electron chi connectivity index (χ0n) is 8.61. The number of hydrogen-bond acceptors (Lipinski definition) is 4. The van der Waals surface area contributed by atoms with Crippen LogP contribution in [0.5, 0.6) is 0 Å². The minimum atomic E-state index is -0.715. The summed E-state index contributed by atoms with van der Waals surface area (Å²) in [5, 5.41) is 10.2. The molecule has 0 spiro atoms. The Morgan fingerprint density at radius 2 is 2.07 bits per heavy atom. The van der Waals surface area contributed by atoms with Crippen LogP contribution in [0.2, 0.25) is 0 Å². The van der Waals surface area contributed by atoms with Gasteiger partial charge < -0.3 is 5.73 Å². The number of ketones is 1. The van der Waals surface area contributed by atoms with E-state index in [-0.39, 0.29) is 5.56 Å². The van der Waals surface area contributed by atoms with Gasteiger partial charge in [0.15, 0.2) is 0 Å². The van der Waals surface area contributed by atoms with Crippen molar-refractivity contribution in [1.29, 1.82) is 0 Å². The van der Waals surface area contributed by atoms with Crippen LogP contribution in [0.4, 0.5) is 5.69 Å². The lowest BCUT2D eigenvalue weighted by atomic mass is 10.0. The Kier molecular flexibility index (Phi) is 3.04. The Balaban J connectivity index is 3.13. The number of carbonyl (C=O) groups excluding carboxylic acids is 1. The van der Waals surface area contributed by atoms with Crippen LogP contribution >= 0.6 is 0 Å². The van der Waals surface area contributed by atoms with Crippen LogP contribution in [-0.4, -0.2) is 17.3 Å². The Bertz CT molecular complexity index is 427. The maximum Gasteiger partial charge on any atom is 0.265 e. The van der Waals surface area contributed by atoms with Crippen molar-refractivity contribution in [3.63, 3.8) is 0 Å². The Hall–Kier alpha value is -1.91. The van der Waals surface area contributed by atoms with E-state index >= 15 is 0 Å². The molecule has 0 atom stereocenters. The number of anilines is 1. The Labute approximate surface area is 87.0 Å². The normalized spacial score (nSPS) is 10.0. The van der Waals surface area contributed by atoms with Gasteiger partial charge in [-0.2, -0.15) is 0 Å². The molecule has 1 rings (SSSR count). The SMILES string of the molecule is Cc1cc(C)c(N)c(C(=O)C[N+](=O)[O-])c1. The molecule has 15 heavy (non-hydrogen) atoms. The molecule has 0 bridgehead atoms. The van der Waals surface area contributed by atoms with Gasteiger partial charge in [-0.25, -0.2) is 0 Å². The van der Waals surface area contributed by atoms with Crippen molar-refractivity contribution in [3.8, 4) is 0 Å². The van der Waals surface area contributed by atoms with Crippen LogP contribution in [0.3, 0.4) is 0 Å². The van der Waals surface area contributed by atoms with E-state index < -0.39 is 17.3 Å². The third-order valence-electron chi connectivity index (χ3n) is 2.10. The van der Waals surface area contributed by atoms with Gasteiger partial charge in [0.05, 0.1) is 0 Å². The minimum Gasteiger partial charge on any atom is -0.398 e. The highest BCUT2D eigenvalue weighted by Crippen LogP contribution is 2.19. The van der Waals surface area contributed by atoms with E-state index in [0.29, 0.717) is 5.69 Å². The highest BCUT2D eigenvalue weighted by atomic mass is 16.6. The standard InChI is InChI=1S/C10H12N2O3/c1-6-3-7(2)10(11)8(4-6)9(13)5-12(14)15/h3-4H,5,11H2,1-2H3. The maximum atomic E-state index is 11.5. The molecule has 1 aromatic carbocycles. The van der Waals surface area contributed by atoms with Gasteiger partial charge in [0.2, 0.25) is 5.78 Å². The van der Waals surface area contributed by atoms with Crippen LogP contribution in [0.15, 0.2) is 12.1 Å². The fourth-order valence-corrected chi connectivity index (χ4v) is 1.41. The van der Waals surface area contributed by atoms with E-state index in [9.17, 15) is 14.9 Å². The zero-order chi connectivity index (χ0) is 11.6. The van der Waals surface area contributed by atoms with E-state index in [4.69, 9.17) is 5.73 Å². The van der Waals surface area contributed by atoms with Crippen LogP contribution in [0.25, 0.3) is 0 Å². The van der Waals surface area contributed by atoms with Crippen LogP contribution in [0, 0.1) is 24.0 Å². The fraction of sp³-hybridized carbons (Fsp3) is 0.300. The van der Waals surface area contributed by atoms with Gasteiger partial charge in [0, 0.05) is 16.2 Å². The first kappa shape index (κ1) is 11.2. The summed E-state index contributed by atoms with van der Waals surface area (Å²) in [6.45, 7) is 2.87. The summed E-state index contributed by atoms with van der Waals surface area (Å²) in [5.41, 5.74) is 7.89. The number of nitrogen functional groups attached to an aromatic ring is 1. The molecule has 0 aliphatic carbocycles. The second-order valence-electron chi connectivity index (χ2n) is 3.46. The molecular formula is C10H12N2O3. The van der Waals surface area contributed by atoms with Gasteiger partial charge >= 0.3 is 0 Å². The van der Waals surface area contributed by atoms with Gasteiger partial charge in [0.1, 0.15) is 0 Å². The van der Waals surface area contributed by atoms with E-state index in [1.807, 2.05) is 13.0 Å². The van der Waals surface area contributed by atoms with Crippen molar-refractivity contribution < 1.29 is 9.72 Å². The van der Waals surface area contributed by atoms with Gasteiger partial charge in [-0.3, -0.25) is 14.9 Å². The lowest BCUT2D eigenvalue weighted by molar-refractivity contribution is -0.465. The zero-order valence-corrected chi connectivity index (χ0v) is 8.61. The number of benzene rings is 1. The predicted octanol–water partition coefficient (Wildman–Crippen LogP) is 1.35. The summed E-state index contributed by atoms with van der Waals surface area (Å²) < 4.78 is 0. The maximum absolute atomic E-state index is 11.5. The largest absolute Gasteiger partial charge is 0.398 e. The van der Waals surface area contributed by atoms with Crippen molar-refractivity contribution in [2.24, 2.45) is 0 Å². The summed E-state index contributed by atoms with van der Waals surface area (Å²) in [7, 11) is 0. The monoisotopic (exact) mass is 208 g/mol. The molecule has 0 saturated carbocycles. The van der Waals surface area contributed by atoms with Crippen molar-refractivity contribution in [2.75, 3.05) is 12.3 Å². The highest BCUT2D eigenvalue weighted by molar-refractivity contribution is 6.02. The summed E-state index contributed by atoms with van der Waals surface area (Å²) in [4.78, 5) is 21.0. The minimum absolute atomic E-state index is 0.240. The summed E-state index contributed by atoms with van der Waals surface area (Å²) >= 11 is 0. The van der Waals surface area contributed by atoms with Crippen molar-refractivity contribution in [1.82, 2.24) is 0 Å². The number of Topliss-reactive ketones (excluding diaryl/α,β-unsaturated/α-hetero) is 1. The summed E-state index contributed by atoms with van der Waals surface area (Å²) in [5.74, 6) is -0.552. The number of hydrogen-bond donors (Lipinski definition) is 1. The molecule has 0 amide bonds. The first-order valence-electron chi connectivity index (χ1n) is 4.43. The summed E-state index contributed by atoms with van der Waals surface area (Å²) in [6, 6.07) is 3.41. The lowest BCUT2D eigenvalue weighted by Crippen LogP contribution is -2.16. The molecule has 5 nitrogen and oxygen atoms in total. The average Bonchev–Trinajstić information content (AvgIpc) is 2.09. The number of nitrogens with zero attached hydrogens (tertiary/aromatic N) is 1. The molecule has 2 N–H and O–H groups in total. The molecular weight excluding hydrogens is 196 g/mol. The average molecular weight is 208 g/mol. The number of carbonyl (C=O) groups is 1. The van der Waals surface area contributed by atoms with Crippen LogP contribution < -0.4 is 5.73 Å². The molecule has 0 aliphatic heterocycles. The number of nitrogens with two attached hydrogens (primary N) is 1. The molecule has 0 heterocycles. The van der Waals surface area contributed by atoms with E-state index in [2.05, 4.69) is 0 Å². The van der Waals surface area contributed by atoms with E-state index in [0.717, 1.165) is 11.1 Å². The number of nitro groups is 1. The predicted molar refractivity (Wildman–Crippen MR) is 56.5 cm³/mol. The van der Waals surface area contributed by atoms with Gasteiger partial charge in [-0.05, 0) is 31.0 Å². The summed E-state index contributed by atoms with van der Waals surface area (Å²) in [6.07, 6.45) is 0. The number of rotatable bonds is 3. The lowest BCUT2D eigenvalue weighted by Gasteiger charge is -2.07. The van der Waals surface area contributed by atoms with E-state index in [1.165, 1.54) is 0 Å². The first-order chi connectivity index (χ1) is 6.91. The van der Waals surface area contributed by atoms with Crippen molar-refractivity contribution in [3.05, 3.63) is 38.9 Å². The second-order valence-corrected chi connectivity index (χ2v) is 3.46. The third kappa shape index (κ3) is 2.52. The van der Waals surface area contributed by atoms with Gasteiger partial charge in [0.25, 0.3) is 6.54 Å². The third-order valence-corrected chi connectivity index (χ3v) is 2.10. The van der Waals surface area contributed by atoms with Gasteiger partial charge in [-0.1, -0.05) is 6.07 Å². The smallest absolute Gasteiger partial charge is 0.265 e. The highest BCUT2D eigenvalue weighted by Gasteiger charge is 2.16. The molecule has 0 aliphatic rings. The Morgan fingerprint density at radius 3 is 2.60 bits per heavy atom. The molecule has 0 fully saturated rings. The van der Waals surface area contributed by atoms with E-state index in [1.54, 1.807) is 13.0 Å². The van der Waals surface area contributed by atoms with Gasteiger partial charge in [-0.15, -0.1) is 0 Å². The molecule has 0 aromatic heterocycles. The molecule has 0 radical (unpaired) electrons. The molecule has 0 saturated heterocycles. The molecule has 1 aromatic rings. The Morgan fingerprint density at radius 1 is 1.47 bits per heavy atom.